The molecule has 0 heterocycles. The van der Waals surface area contributed by atoms with Gasteiger partial charge in [-0.3, -0.25) is 14.4 Å². The van der Waals surface area contributed by atoms with E-state index in [9.17, 15) is 14.4 Å². The standard InChI is InChI=1S/C10H19N3O4/c1-3-6(2)9(13-7(14)4-11)10(17)12-5-8(15)16/h6,9H,3-5,11H2,1-2H3,(H,12,17)(H,13,14)(H,15,16). The van der Waals surface area contributed by atoms with E-state index in [0.29, 0.717) is 6.42 Å². The maximum absolute atomic E-state index is 11.7. The molecule has 0 fully saturated rings. The average molecular weight is 245 g/mol. The highest BCUT2D eigenvalue weighted by Gasteiger charge is 2.25. The van der Waals surface area contributed by atoms with Crippen molar-refractivity contribution in [1.29, 1.82) is 0 Å². The fraction of sp³-hybridized carbons (Fsp3) is 0.700. The van der Waals surface area contributed by atoms with Crippen molar-refractivity contribution in [3.63, 3.8) is 0 Å². The lowest BCUT2D eigenvalue weighted by molar-refractivity contribution is -0.138. The van der Waals surface area contributed by atoms with Crippen molar-refractivity contribution >= 4 is 17.8 Å². The third-order valence-electron chi connectivity index (χ3n) is 2.41. The summed E-state index contributed by atoms with van der Waals surface area (Å²) in [6.45, 7) is 2.99. The number of amides is 2. The molecule has 0 saturated heterocycles. The third-order valence-corrected chi connectivity index (χ3v) is 2.41. The van der Waals surface area contributed by atoms with E-state index in [4.69, 9.17) is 10.8 Å². The van der Waals surface area contributed by atoms with Crippen LogP contribution in [-0.4, -0.2) is 42.0 Å². The zero-order chi connectivity index (χ0) is 13.4. The summed E-state index contributed by atoms with van der Waals surface area (Å²) in [4.78, 5) is 33.1. The first-order valence-electron chi connectivity index (χ1n) is 5.41. The minimum absolute atomic E-state index is 0.0979. The second-order valence-corrected chi connectivity index (χ2v) is 3.75. The monoisotopic (exact) mass is 245 g/mol. The van der Waals surface area contributed by atoms with Gasteiger partial charge in [0.1, 0.15) is 12.6 Å². The zero-order valence-electron chi connectivity index (χ0n) is 10.0. The van der Waals surface area contributed by atoms with Gasteiger partial charge in [0.25, 0.3) is 0 Å². The van der Waals surface area contributed by atoms with E-state index in [0.717, 1.165) is 0 Å². The van der Waals surface area contributed by atoms with Gasteiger partial charge in [0, 0.05) is 0 Å². The first-order valence-corrected chi connectivity index (χ1v) is 5.41. The number of carboxylic acids is 1. The molecule has 0 aliphatic rings. The Morgan fingerprint density at radius 2 is 1.94 bits per heavy atom. The molecule has 17 heavy (non-hydrogen) atoms. The molecule has 0 bridgehead atoms. The lowest BCUT2D eigenvalue weighted by atomic mass is 9.98. The molecule has 98 valence electrons. The quantitative estimate of drug-likeness (QED) is 0.443. The van der Waals surface area contributed by atoms with Gasteiger partial charge < -0.3 is 21.5 Å². The Morgan fingerprint density at radius 1 is 1.35 bits per heavy atom. The molecular formula is C10H19N3O4. The van der Waals surface area contributed by atoms with Crippen LogP contribution in [0.1, 0.15) is 20.3 Å². The van der Waals surface area contributed by atoms with E-state index in [2.05, 4.69) is 10.6 Å². The molecule has 7 nitrogen and oxygen atoms in total. The van der Waals surface area contributed by atoms with Gasteiger partial charge >= 0.3 is 5.97 Å². The number of carboxylic acid groups (broad SMARTS) is 1. The molecule has 0 radical (unpaired) electrons. The smallest absolute Gasteiger partial charge is 0.322 e. The molecule has 0 aliphatic carbocycles. The van der Waals surface area contributed by atoms with Crippen molar-refractivity contribution in [2.24, 2.45) is 11.7 Å². The molecular weight excluding hydrogens is 226 g/mol. The number of carbonyl (C=O) groups is 3. The van der Waals surface area contributed by atoms with Gasteiger partial charge in [0.05, 0.1) is 6.54 Å². The molecule has 2 atom stereocenters. The van der Waals surface area contributed by atoms with Crippen molar-refractivity contribution in [2.45, 2.75) is 26.3 Å². The van der Waals surface area contributed by atoms with Crippen LogP contribution in [0.25, 0.3) is 0 Å². The van der Waals surface area contributed by atoms with Crippen LogP contribution < -0.4 is 16.4 Å². The van der Waals surface area contributed by atoms with Gasteiger partial charge in [-0.25, -0.2) is 0 Å². The van der Waals surface area contributed by atoms with Crippen LogP contribution in [0.3, 0.4) is 0 Å². The predicted molar refractivity (Wildman–Crippen MR) is 61.1 cm³/mol. The van der Waals surface area contributed by atoms with Crippen molar-refractivity contribution in [2.75, 3.05) is 13.1 Å². The van der Waals surface area contributed by atoms with Gasteiger partial charge in [-0.05, 0) is 5.92 Å². The summed E-state index contributed by atoms with van der Waals surface area (Å²) in [6.07, 6.45) is 0.677. The van der Waals surface area contributed by atoms with E-state index in [1.807, 2.05) is 6.92 Å². The molecule has 7 heteroatoms. The third kappa shape index (κ3) is 5.86. The van der Waals surface area contributed by atoms with E-state index in [1.165, 1.54) is 0 Å². The molecule has 0 aliphatic heterocycles. The molecule has 0 spiro atoms. The lowest BCUT2D eigenvalue weighted by Crippen LogP contribution is -2.52. The average Bonchev–Trinajstić information content (AvgIpc) is 2.31. The van der Waals surface area contributed by atoms with Crippen molar-refractivity contribution in [3.05, 3.63) is 0 Å². The molecule has 0 aromatic rings. The molecule has 0 rings (SSSR count). The molecule has 2 amide bonds. The lowest BCUT2D eigenvalue weighted by Gasteiger charge is -2.22. The van der Waals surface area contributed by atoms with Crippen molar-refractivity contribution in [1.82, 2.24) is 10.6 Å². The minimum Gasteiger partial charge on any atom is -0.480 e. The first kappa shape index (κ1) is 15.4. The highest BCUT2D eigenvalue weighted by molar-refractivity contribution is 5.90. The molecule has 0 saturated carbocycles. The van der Waals surface area contributed by atoms with Crippen LogP contribution in [0.15, 0.2) is 0 Å². The number of carbonyl (C=O) groups excluding carboxylic acids is 2. The van der Waals surface area contributed by atoms with Gasteiger partial charge in [-0.1, -0.05) is 20.3 Å². The van der Waals surface area contributed by atoms with Crippen LogP contribution in [0.2, 0.25) is 0 Å². The van der Waals surface area contributed by atoms with Gasteiger partial charge in [0.2, 0.25) is 11.8 Å². The predicted octanol–water partition coefficient (Wildman–Crippen LogP) is -1.32. The molecule has 0 aromatic heterocycles. The fourth-order valence-corrected chi connectivity index (χ4v) is 1.21. The number of rotatable bonds is 7. The van der Waals surface area contributed by atoms with Crippen LogP contribution >= 0.6 is 0 Å². The maximum Gasteiger partial charge on any atom is 0.322 e. The van der Waals surface area contributed by atoms with Crippen LogP contribution in [0.5, 0.6) is 0 Å². The Bertz CT molecular complexity index is 293. The summed E-state index contributed by atoms with van der Waals surface area (Å²) < 4.78 is 0. The normalized spacial score (nSPS) is 13.6. The number of nitrogens with one attached hydrogen (secondary N) is 2. The first-order chi connectivity index (χ1) is 7.92. The van der Waals surface area contributed by atoms with Crippen LogP contribution in [-0.2, 0) is 14.4 Å². The maximum atomic E-state index is 11.7. The Kier molecular flexibility index (Phi) is 6.88. The number of hydrogen-bond donors (Lipinski definition) is 4. The highest BCUT2D eigenvalue weighted by atomic mass is 16.4. The summed E-state index contributed by atoms with van der Waals surface area (Å²) in [5, 5.41) is 13.2. The number of hydrogen-bond acceptors (Lipinski definition) is 4. The Balaban J connectivity index is 4.50. The van der Waals surface area contributed by atoms with Gasteiger partial charge in [0.15, 0.2) is 0 Å². The number of aliphatic carboxylic acids is 1. The molecule has 5 N–H and O–H groups in total. The second-order valence-electron chi connectivity index (χ2n) is 3.75. The largest absolute Gasteiger partial charge is 0.480 e. The van der Waals surface area contributed by atoms with Crippen LogP contribution in [0, 0.1) is 5.92 Å². The highest BCUT2D eigenvalue weighted by Crippen LogP contribution is 2.07. The van der Waals surface area contributed by atoms with Crippen molar-refractivity contribution in [3.8, 4) is 0 Å². The number of nitrogens with two attached hydrogens (primary N) is 1. The van der Waals surface area contributed by atoms with E-state index in [1.54, 1.807) is 6.92 Å². The molecule has 0 aromatic carbocycles. The summed E-state index contributed by atoms with van der Waals surface area (Å²) in [5.41, 5.74) is 5.15. The van der Waals surface area contributed by atoms with Gasteiger partial charge in [-0.15, -0.1) is 0 Å². The minimum atomic E-state index is -1.13. The summed E-state index contributed by atoms with van der Waals surface area (Å²) in [5.74, 6) is -2.19. The Labute approximate surface area is 99.7 Å². The summed E-state index contributed by atoms with van der Waals surface area (Å²) in [7, 11) is 0. The fourth-order valence-electron chi connectivity index (χ4n) is 1.21. The SMILES string of the molecule is CCC(C)C(NC(=O)CN)C(=O)NCC(=O)O. The van der Waals surface area contributed by atoms with Crippen LogP contribution in [0.4, 0.5) is 0 Å². The zero-order valence-corrected chi connectivity index (χ0v) is 10.0. The topological polar surface area (TPSA) is 122 Å². The van der Waals surface area contributed by atoms with Crippen molar-refractivity contribution < 1.29 is 19.5 Å². The van der Waals surface area contributed by atoms with E-state index in [-0.39, 0.29) is 12.5 Å². The Morgan fingerprint density at radius 3 is 2.35 bits per heavy atom. The second kappa shape index (κ2) is 7.61. The summed E-state index contributed by atoms with van der Waals surface area (Å²) >= 11 is 0. The Hall–Kier alpha value is -1.63. The summed E-state index contributed by atoms with van der Waals surface area (Å²) in [6, 6.07) is -0.754. The van der Waals surface area contributed by atoms with E-state index < -0.39 is 30.4 Å². The van der Waals surface area contributed by atoms with E-state index >= 15 is 0 Å². The molecule has 2 unspecified atom stereocenters. The van der Waals surface area contributed by atoms with Gasteiger partial charge in [-0.2, -0.15) is 0 Å².